The molecule has 0 fully saturated rings. The van der Waals surface area contributed by atoms with E-state index in [9.17, 15) is 0 Å². The van der Waals surface area contributed by atoms with Crippen molar-refractivity contribution < 1.29 is 30.6 Å². The Balaban J connectivity index is -0.0000000350. The molecule has 0 aromatic heterocycles. The Morgan fingerprint density at radius 1 is 0.818 bits per heavy atom. The van der Waals surface area contributed by atoms with Crippen LogP contribution >= 0.6 is 0 Å². The van der Waals surface area contributed by atoms with Crippen LogP contribution in [0.4, 0.5) is 0 Å². The van der Waals surface area contributed by atoms with Gasteiger partial charge in [-0.05, 0) is 0 Å². The number of hydrogen-bond acceptors (Lipinski definition) is 3. The fourth-order valence-electron chi connectivity index (χ4n) is 0.118. The van der Waals surface area contributed by atoms with Crippen LogP contribution in [0.15, 0.2) is 0 Å². The van der Waals surface area contributed by atoms with Crippen molar-refractivity contribution in [3.05, 3.63) is 0 Å². The molecule has 0 aromatic carbocycles. The predicted octanol–water partition coefficient (Wildman–Crippen LogP) is -0.109. The molecule has 68 valence electrons. The summed E-state index contributed by atoms with van der Waals surface area (Å²) in [5.41, 5.74) is 0. The topological polar surface area (TPSA) is 51.2 Å². The second-order valence-corrected chi connectivity index (χ2v) is 3.11. The summed E-state index contributed by atoms with van der Waals surface area (Å²) < 4.78 is 4.43. The molecule has 0 rings (SSSR count). The predicted molar refractivity (Wildman–Crippen MR) is 43.7 cm³/mol. The zero-order chi connectivity index (χ0) is 10.1. The van der Waals surface area contributed by atoms with Gasteiger partial charge in [-0.25, -0.2) is 0 Å². The van der Waals surface area contributed by atoms with E-state index in [4.69, 9.17) is 14.4 Å². The zero-order valence-corrected chi connectivity index (χ0v) is 8.20. The molecule has 4 heteroatoms. The summed E-state index contributed by atoms with van der Waals surface area (Å²) in [5, 5.41) is 0. The van der Waals surface area contributed by atoms with Gasteiger partial charge in [0.05, 0.1) is 0 Å². The van der Waals surface area contributed by atoms with E-state index in [2.05, 4.69) is 43.4 Å². The molecule has 0 spiro atoms. The van der Waals surface area contributed by atoms with Gasteiger partial charge >= 0.3 is 39.3 Å². The normalized spacial score (nSPS) is 4.18. The molecule has 0 saturated carbocycles. The fraction of sp³-hybridized carbons (Fsp3) is 0.286. The summed E-state index contributed by atoms with van der Waals surface area (Å²) in [7, 11) is 0. The Kier molecular flexibility index (Phi) is 238. The van der Waals surface area contributed by atoms with Crippen LogP contribution in [-0.2, 0) is 30.6 Å². The maximum Gasteiger partial charge on any atom is -0.282 e. The minimum Gasteiger partial charge on any atom is -0.545 e. The molecule has 0 heterocycles. The van der Waals surface area contributed by atoms with E-state index in [1.807, 2.05) is 0 Å². The summed E-state index contributed by atoms with van der Waals surface area (Å²) in [6.07, 6.45) is 0. The third kappa shape index (κ3) is 270. The molecule has 0 bridgehead atoms. The maximum absolute atomic E-state index is 7.75. The van der Waals surface area contributed by atoms with Crippen molar-refractivity contribution in [1.82, 2.24) is 0 Å². The van der Waals surface area contributed by atoms with Crippen LogP contribution in [0.1, 0.15) is 13.8 Å². The molecule has 0 atom stereocenters. The Morgan fingerprint density at radius 3 is 1.00 bits per heavy atom. The Labute approximate surface area is 74.4 Å². The molecule has 0 N–H and O–H groups in total. The molecule has 3 nitrogen and oxygen atoms in total. The number of carbonyl (C=O) groups excluding carboxylic acids is 3. The first-order valence-electron chi connectivity index (χ1n) is 2.27. The minimum atomic E-state index is 0.519. The van der Waals surface area contributed by atoms with Gasteiger partial charge < -0.3 is 14.4 Å². The molecule has 0 saturated heterocycles. The van der Waals surface area contributed by atoms with Gasteiger partial charge in [0.25, 0.3) is 0 Å². The maximum atomic E-state index is 7.75. The second-order valence-electron chi connectivity index (χ2n) is 0.526. The van der Waals surface area contributed by atoms with Crippen LogP contribution in [-0.4, -0.2) is 29.6 Å². The molecule has 0 radical (unpaired) electrons. The summed E-state index contributed by atoms with van der Waals surface area (Å²) in [4.78, 5) is 23.2. The van der Waals surface area contributed by atoms with Gasteiger partial charge in [0.1, 0.15) is 0 Å². The first-order chi connectivity index (χ1) is 5.41. The third-order valence-corrected chi connectivity index (χ3v) is 1.39. The van der Waals surface area contributed by atoms with E-state index in [0.29, 0.717) is 16.2 Å². The van der Waals surface area contributed by atoms with E-state index in [-0.39, 0.29) is 0 Å². The minimum absolute atomic E-state index is 0.519. The van der Waals surface area contributed by atoms with Crippen LogP contribution in [0.3, 0.4) is 0 Å². The van der Waals surface area contributed by atoms with Gasteiger partial charge in [-0.1, -0.05) is 0 Å². The van der Waals surface area contributed by atoms with E-state index in [0.717, 1.165) is 0 Å². The van der Waals surface area contributed by atoms with Gasteiger partial charge in [-0.2, -0.15) is 0 Å². The quantitative estimate of drug-likeness (QED) is 0.339. The zero-order valence-electron chi connectivity index (χ0n) is 6.47. The number of hydrogen-bond donors (Lipinski definition) is 0. The SMILES string of the molecule is C[CH]=[Ru]=[CH]C.[CH-]=O.[CH-]=O.[CH-]=O. The van der Waals surface area contributed by atoms with E-state index in [1.165, 1.54) is 0 Å². The van der Waals surface area contributed by atoms with Crippen LogP contribution in [0.2, 0.25) is 0 Å². The largest absolute Gasteiger partial charge is 0.545 e. The van der Waals surface area contributed by atoms with Gasteiger partial charge in [-0.3, -0.25) is 20.4 Å². The molecule has 0 aliphatic heterocycles. The van der Waals surface area contributed by atoms with Gasteiger partial charge in [0.15, 0.2) is 0 Å². The summed E-state index contributed by atoms with van der Waals surface area (Å²) in [5.74, 6) is 0. The van der Waals surface area contributed by atoms with Crippen LogP contribution in [0, 0.1) is 0 Å². The molecular formula is C7H11O3Ru-3. The first-order valence-corrected chi connectivity index (χ1v) is 4.28. The van der Waals surface area contributed by atoms with Crippen molar-refractivity contribution in [2.75, 3.05) is 0 Å². The second kappa shape index (κ2) is 117. The number of rotatable bonds is 0. The molecule has 0 aliphatic carbocycles. The van der Waals surface area contributed by atoms with Crippen LogP contribution in [0.5, 0.6) is 0 Å². The average molecular weight is 244 g/mol. The van der Waals surface area contributed by atoms with Gasteiger partial charge in [0, 0.05) is 0 Å². The van der Waals surface area contributed by atoms with Gasteiger partial charge in [0.2, 0.25) is 0 Å². The smallest absolute Gasteiger partial charge is 0.282 e. The molecule has 0 unspecified atom stereocenters. The molecule has 0 aromatic rings. The molecule has 0 amide bonds. The monoisotopic (exact) mass is 245 g/mol. The van der Waals surface area contributed by atoms with E-state index in [1.54, 1.807) is 0 Å². The van der Waals surface area contributed by atoms with Crippen LogP contribution in [0.25, 0.3) is 0 Å². The summed E-state index contributed by atoms with van der Waals surface area (Å²) >= 11 is 0.519. The van der Waals surface area contributed by atoms with Crippen molar-refractivity contribution in [1.29, 1.82) is 0 Å². The Morgan fingerprint density at radius 2 is 1.00 bits per heavy atom. The summed E-state index contributed by atoms with van der Waals surface area (Å²) in [6, 6.07) is 0. The van der Waals surface area contributed by atoms with Crippen molar-refractivity contribution in [3.8, 4) is 0 Å². The fourth-order valence-corrected chi connectivity index (χ4v) is 0.697. The van der Waals surface area contributed by atoms with Crippen molar-refractivity contribution in [3.63, 3.8) is 0 Å². The molecule has 11 heavy (non-hydrogen) atoms. The van der Waals surface area contributed by atoms with Gasteiger partial charge in [-0.15, -0.1) is 0 Å². The summed E-state index contributed by atoms with van der Waals surface area (Å²) in [6.45, 7) is 13.9. The molecule has 0 aliphatic rings. The first kappa shape index (κ1) is 22.4. The standard InChI is InChI=1S/2C2H4.3CHO.Ru/c5*1-2;/h2*1H,2H3;3*1H;/q;;3*-1;. The van der Waals surface area contributed by atoms with Crippen molar-refractivity contribution in [2.24, 2.45) is 0 Å². The average Bonchev–Trinajstić information content (AvgIpc) is 2.16. The Hall–Kier alpha value is -0.627. The van der Waals surface area contributed by atoms with Crippen LogP contribution < -0.4 is 0 Å². The van der Waals surface area contributed by atoms with E-state index >= 15 is 0 Å². The Bertz CT molecular complexity index is 87.1. The molecular weight excluding hydrogens is 233 g/mol. The third-order valence-electron chi connectivity index (χ3n) is 0.236. The van der Waals surface area contributed by atoms with E-state index < -0.39 is 0 Å². The van der Waals surface area contributed by atoms with Crippen molar-refractivity contribution >= 4 is 29.6 Å². The van der Waals surface area contributed by atoms with Crippen molar-refractivity contribution in [2.45, 2.75) is 13.8 Å².